The number of nitrogens with two attached hydrogens (primary N) is 1. The van der Waals surface area contributed by atoms with Crippen molar-refractivity contribution in [2.24, 2.45) is 5.73 Å². The van der Waals surface area contributed by atoms with Gasteiger partial charge < -0.3 is 10.3 Å². The molecule has 1 rings (SSSR count). The van der Waals surface area contributed by atoms with Crippen molar-refractivity contribution in [1.82, 2.24) is 4.57 Å². The topological polar surface area (TPSA) is 91.2 Å². The van der Waals surface area contributed by atoms with Crippen LogP contribution in [0.25, 0.3) is 0 Å². The first-order chi connectivity index (χ1) is 7.04. The van der Waals surface area contributed by atoms with Crippen LogP contribution in [-0.4, -0.2) is 15.5 Å². The van der Waals surface area contributed by atoms with Crippen molar-refractivity contribution in [1.29, 1.82) is 0 Å². The van der Waals surface area contributed by atoms with Gasteiger partial charge in [0.25, 0.3) is 11.2 Å². The van der Waals surface area contributed by atoms with Crippen LogP contribution in [0.3, 0.4) is 0 Å². The number of rotatable bonds is 4. The van der Waals surface area contributed by atoms with Crippen molar-refractivity contribution in [3.63, 3.8) is 0 Å². The molecule has 6 nitrogen and oxygen atoms in total. The third-order valence-electron chi connectivity index (χ3n) is 2.13. The molecule has 1 heterocycles. The van der Waals surface area contributed by atoms with Gasteiger partial charge in [0.2, 0.25) is 0 Å². The Bertz CT molecular complexity index is 413. The van der Waals surface area contributed by atoms with Crippen molar-refractivity contribution in [2.75, 3.05) is 0 Å². The minimum atomic E-state index is -0.534. The van der Waals surface area contributed by atoms with E-state index in [1.165, 1.54) is 22.9 Å². The van der Waals surface area contributed by atoms with Gasteiger partial charge in [-0.1, -0.05) is 6.92 Å². The van der Waals surface area contributed by atoms with Crippen LogP contribution < -0.4 is 11.3 Å². The van der Waals surface area contributed by atoms with Gasteiger partial charge in [-0.3, -0.25) is 14.9 Å². The Morgan fingerprint density at radius 2 is 2.27 bits per heavy atom. The summed E-state index contributed by atoms with van der Waals surface area (Å²) < 4.78 is 1.27. The number of hydrogen-bond acceptors (Lipinski definition) is 4. The molecule has 0 radical (unpaired) electrons. The second-order valence-corrected chi connectivity index (χ2v) is 3.30. The maximum absolute atomic E-state index is 11.3. The Morgan fingerprint density at radius 3 is 2.80 bits per heavy atom. The molecule has 0 bridgehead atoms. The smallest absolute Gasteiger partial charge is 0.285 e. The van der Waals surface area contributed by atoms with Gasteiger partial charge in [0, 0.05) is 24.7 Å². The van der Waals surface area contributed by atoms with E-state index in [0.717, 1.165) is 6.42 Å². The number of pyridine rings is 1. The highest BCUT2D eigenvalue weighted by molar-refractivity contribution is 5.24. The molecule has 0 aliphatic carbocycles. The van der Waals surface area contributed by atoms with Crippen molar-refractivity contribution < 1.29 is 4.92 Å². The first-order valence-corrected chi connectivity index (χ1v) is 4.65. The lowest BCUT2D eigenvalue weighted by atomic mass is 10.2. The van der Waals surface area contributed by atoms with Crippen molar-refractivity contribution in [3.05, 3.63) is 38.8 Å². The second kappa shape index (κ2) is 4.70. The fourth-order valence-corrected chi connectivity index (χ4v) is 1.15. The van der Waals surface area contributed by atoms with Crippen LogP contribution in [0, 0.1) is 10.1 Å². The molecular weight excluding hydrogens is 198 g/mol. The van der Waals surface area contributed by atoms with Crippen LogP contribution >= 0.6 is 0 Å². The molecule has 2 N–H and O–H groups in total. The number of nitro groups is 1. The fraction of sp³-hybridized carbons (Fsp3) is 0.444. The lowest BCUT2D eigenvalue weighted by molar-refractivity contribution is -0.385. The van der Waals surface area contributed by atoms with E-state index in [1.807, 2.05) is 6.92 Å². The van der Waals surface area contributed by atoms with E-state index < -0.39 is 4.92 Å². The van der Waals surface area contributed by atoms with Crippen LogP contribution in [0.5, 0.6) is 0 Å². The average Bonchev–Trinajstić information content (AvgIpc) is 2.20. The summed E-state index contributed by atoms with van der Waals surface area (Å²) in [5.41, 5.74) is 5.30. The van der Waals surface area contributed by atoms with Crippen LogP contribution in [0.1, 0.15) is 13.3 Å². The van der Waals surface area contributed by atoms with Crippen LogP contribution in [0.15, 0.2) is 23.1 Å². The van der Waals surface area contributed by atoms with Gasteiger partial charge in [0.05, 0.1) is 11.1 Å². The summed E-state index contributed by atoms with van der Waals surface area (Å²) in [5, 5.41) is 10.5. The van der Waals surface area contributed by atoms with Gasteiger partial charge in [0.15, 0.2) is 0 Å². The predicted octanol–water partition coefficient (Wildman–Crippen LogP) is 0.494. The van der Waals surface area contributed by atoms with Gasteiger partial charge in [-0.2, -0.15) is 0 Å². The molecule has 1 unspecified atom stereocenters. The summed E-state index contributed by atoms with van der Waals surface area (Å²) in [6.45, 7) is 2.20. The van der Waals surface area contributed by atoms with E-state index in [9.17, 15) is 14.9 Å². The Balaban J connectivity index is 3.00. The normalized spacial score (nSPS) is 12.4. The van der Waals surface area contributed by atoms with E-state index in [0.29, 0.717) is 6.54 Å². The van der Waals surface area contributed by atoms with Gasteiger partial charge in [-0.15, -0.1) is 0 Å². The first-order valence-electron chi connectivity index (χ1n) is 4.65. The molecule has 0 aliphatic rings. The molecule has 0 aliphatic heterocycles. The van der Waals surface area contributed by atoms with Gasteiger partial charge >= 0.3 is 0 Å². The molecule has 0 saturated carbocycles. The zero-order chi connectivity index (χ0) is 11.4. The van der Waals surface area contributed by atoms with Crippen LogP contribution in [-0.2, 0) is 6.54 Å². The molecule has 1 atom stereocenters. The highest BCUT2D eigenvalue weighted by Crippen LogP contribution is 2.06. The van der Waals surface area contributed by atoms with E-state index >= 15 is 0 Å². The maximum Gasteiger partial charge on any atom is 0.285 e. The zero-order valence-electron chi connectivity index (χ0n) is 8.42. The van der Waals surface area contributed by atoms with Gasteiger partial charge in [-0.25, -0.2) is 0 Å². The largest absolute Gasteiger partial charge is 0.326 e. The SMILES string of the molecule is CCC(N)Cn1cc([N+](=O)[O-])ccc1=O. The number of aromatic nitrogens is 1. The molecule has 1 aromatic heterocycles. The Hall–Kier alpha value is -1.69. The first kappa shape index (κ1) is 11.4. The third kappa shape index (κ3) is 2.88. The summed E-state index contributed by atoms with van der Waals surface area (Å²) in [6.07, 6.45) is 1.94. The average molecular weight is 211 g/mol. The summed E-state index contributed by atoms with van der Waals surface area (Å²) in [5.74, 6) is 0. The lowest BCUT2D eigenvalue weighted by Crippen LogP contribution is -2.31. The van der Waals surface area contributed by atoms with Gasteiger partial charge in [-0.05, 0) is 6.42 Å². The van der Waals surface area contributed by atoms with E-state index in [1.54, 1.807) is 0 Å². The molecular formula is C9H13N3O3. The Labute approximate surface area is 86.5 Å². The third-order valence-corrected chi connectivity index (χ3v) is 2.13. The lowest BCUT2D eigenvalue weighted by Gasteiger charge is -2.10. The Morgan fingerprint density at radius 1 is 1.60 bits per heavy atom. The van der Waals surface area contributed by atoms with E-state index in [2.05, 4.69) is 0 Å². The summed E-state index contributed by atoms with van der Waals surface area (Å²) in [7, 11) is 0. The predicted molar refractivity (Wildman–Crippen MR) is 55.6 cm³/mol. The molecule has 1 aromatic rings. The zero-order valence-corrected chi connectivity index (χ0v) is 8.42. The molecule has 0 fully saturated rings. The molecule has 82 valence electrons. The molecule has 0 amide bonds. The second-order valence-electron chi connectivity index (χ2n) is 3.30. The van der Waals surface area contributed by atoms with Crippen LogP contribution in [0.2, 0.25) is 0 Å². The number of nitrogens with zero attached hydrogens (tertiary/aromatic N) is 2. The highest BCUT2D eigenvalue weighted by atomic mass is 16.6. The van der Waals surface area contributed by atoms with Crippen LogP contribution in [0.4, 0.5) is 5.69 Å². The highest BCUT2D eigenvalue weighted by Gasteiger charge is 2.09. The summed E-state index contributed by atoms with van der Waals surface area (Å²) in [6, 6.07) is 2.21. The quantitative estimate of drug-likeness (QED) is 0.579. The molecule has 0 saturated heterocycles. The van der Waals surface area contributed by atoms with Crippen molar-refractivity contribution in [2.45, 2.75) is 25.9 Å². The molecule has 15 heavy (non-hydrogen) atoms. The van der Waals surface area contributed by atoms with E-state index in [-0.39, 0.29) is 17.3 Å². The monoisotopic (exact) mass is 211 g/mol. The number of hydrogen-bond donors (Lipinski definition) is 1. The minimum absolute atomic E-state index is 0.0992. The van der Waals surface area contributed by atoms with E-state index in [4.69, 9.17) is 5.73 Å². The maximum atomic E-state index is 11.3. The minimum Gasteiger partial charge on any atom is -0.326 e. The van der Waals surface area contributed by atoms with Crippen molar-refractivity contribution in [3.8, 4) is 0 Å². The molecule has 0 aromatic carbocycles. The molecule has 0 spiro atoms. The van der Waals surface area contributed by atoms with Gasteiger partial charge in [0.1, 0.15) is 0 Å². The summed E-state index contributed by atoms with van der Waals surface area (Å²) >= 11 is 0. The van der Waals surface area contributed by atoms with Crippen molar-refractivity contribution >= 4 is 5.69 Å². The fourth-order valence-electron chi connectivity index (χ4n) is 1.15. The molecule has 6 heteroatoms. The Kier molecular flexibility index (Phi) is 3.56. The standard InChI is InChI=1S/C9H13N3O3/c1-2-7(10)5-11-6-8(12(14)15)3-4-9(11)13/h3-4,6-7H,2,5,10H2,1H3. The summed E-state index contributed by atoms with van der Waals surface area (Å²) in [4.78, 5) is 21.3.